The molecule has 1 amide bonds. The molecule has 33 heavy (non-hydrogen) atoms. The summed E-state index contributed by atoms with van der Waals surface area (Å²) in [5, 5.41) is 6.00. The van der Waals surface area contributed by atoms with Gasteiger partial charge in [0.15, 0.2) is 0 Å². The van der Waals surface area contributed by atoms with Crippen molar-refractivity contribution < 1.29 is 9.53 Å². The van der Waals surface area contributed by atoms with Crippen LogP contribution in [0.4, 0.5) is 5.82 Å². The molecule has 0 spiro atoms. The summed E-state index contributed by atoms with van der Waals surface area (Å²) in [4.78, 5) is 26.1. The first-order chi connectivity index (χ1) is 16.1. The number of likely N-dealkylation sites (N-methyl/N-ethyl adjacent to an activating group) is 1. The molecule has 3 heterocycles. The van der Waals surface area contributed by atoms with E-state index in [1.54, 1.807) is 23.5 Å². The monoisotopic (exact) mass is 463 g/mol. The molecule has 4 rings (SSSR count). The van der Waals surface area contributed by atoms with Crippen LogP contribution in [0.1, 0.15) is 21.8 Å². The fraction of sp³-hybridized carbons (Fsp3) is 0.320. The Bertz CT molecular complexity index is 1110. The second-order valence-electron chi connectivity index (χ2n) is 8.01. The number of nitrogens with zero attached hydrogens (tertiary/aromatic N) is 4. The Morgan fingerprint density at radius 1 is 1.18 bits per heavy atom. The predicted molar refractivity (Wildman–Crippen MR) is 132 cm³/mol. The molecule has 8 heteroatoms. The highest BCUT2D eigenvalue weighted by molar-refractivity contribution is 7.09. The number of aromatic nitrogens is 2. The smallest absolute Gasteiger partial charge is 0.244 e. The lowest BCUT2D eigenvalue weighted by Gasteiger charge is -2.34. The van der Waals surface area contributed by atoms with Gasteiger partial charge in [-0.15, -0.1) is 11.3 Å². The Hall–Kier alpha value is -3.23. The molecule has 7 nitrogen and oxygen atoms in total. The van der Waals surface area contributed by atoms with E-state index in [9.17, 15) is 4.79 Å². The van der Waals surface area contributed by atoms with Crippen molar-refractivity contribution in [2.45, 2.75) is 20.1 Å². The van der Waals surface area contributed by atoms with E-state index in [0.717, 1.165) is 59.6 Å². The summed E-state index contributed by atoms with van der Waals surface area (Å²) in [5.74, 6) is 1.51. The summed E-state index contributed by atoms with van der Waals surface area (Å²) < 4.78 is 5.93. The molecule has 1 aliphatic heterocycles. The molecule has 2 aromatic heterocycles. The fourth-order valence-electron chi connectivity index (χ4n) is 3.65. The van der Waals surface area contributed by atoms with Crippen molar-refractivity contribution in [2.24, 2.45) is 0 Å². The maximum atomic E-state index is 12.5. The van der Waals surface area contributed by atoms with Crippen molar-refractivity contribution >= 4 is 29.1 Å². The number of aryl methyl sites for hydroxylation is 1. The number of anilines is 1. The lowest BCUT2D eigenvalue weighted by atomic mass is 10.2. The van der Waals surface area contributed by atoms with Gasteiger partial charge in [-0.1, -0.05) is 24.3 Å². The highest BCUT2D eigenvalue weighted by Gasteiger charge is 2.18. The SMILES string of the molecule is Cc1nc(COc2ccccc2/C=C/C(=O)NCc2cccnc2N2CCN(C)CC2)cs1. The van der Waals surface area contributed by atoms with Gasteiger partial charge in [-0.25, -0.2) is 9.97 Å². The second-order valence-corrected chi connectivity index (χ2v) is 9.07. The normalized spacial score (nSPS) is 14.5. The number of carbonyl (C=O) groups excluding carboxylic acids is 1. The van der Waals surface area contributed by atoms with Gasteiger partial charge in [0.05, 0.1) is 10.7 Å². The largest absolute Gasteiger partial charge is 0.487 e. The minimum atomic E-state index is -0.159. The van der Waals surface area contributed by atoms with Crippen LogP contribution in [0.2, 0.25) is 0 Å². The summed E-state index contributed by atoms with van der Waals surface area (Å²) in [6.45, 7) is 6.70. The number of nitrogens with one attached hydrogen (secondary N) is 1. The molecule has 172 valence electrons. The molecule has 1 aliphatic rings. The summed E-state index contributed by atoms with van der Waals surface area (Å²) >= 11 is 1.60. The first-order valence-electron chi connectivity index (χ1n) is 11.0. The molecule has 3 aromatic rings. The van der Waals surface area contributed by atoms with Crippen LogP contribution in [0.3, 0.4) is 0 Å². The van der Waals surface area contributed by atoms with Crippen LogP contribution in [-0.4, -0.2) is 54.0 Å². The summed E-state index contributed by atoms with van der Waals surface area (Å²) in [6, 6.07) is 11.6. The van der Waals surface area contributed by atoms with Gasteiger partial charge in [0.1, 0.15) is 18.2 Å². The van der Waals surface area contributed by atoms with Gasteiger partial charge in [-0.05, 0) is 32.2 Å². The minimum Gasteiger partial charge on any atom is -0.487 e. The number of hydrogen-bond acceptors (Lipinski definition) is 7. The zero-order chi connectivity index (χ0) is 23.0. The molecular formula is C25H29N5O2S. The van der Waals surface area contributed by atoms with Gasteiger partial charge in [-0.3, -0.25) is 4.79 Å². The van der Waals surface area contributed by atoms with Gasteiger partial charge in [-0.2, -0.15) is 0 Å². The lowest BCUT2D eigenvalue weighted by molar-refractivity contribution is -0.116. The van der Waals surface area contributed by atoms with E-state index in [1.165, 1.54) is 0 Å². The van der Waals surface area contributed by atoms with Crippen molar-refractivity contribution in [1.29, 1.82) is 0 Å². The number of hydrogen-bond donors (Lipinski definition) is 1. The average Bonchev–Trinajstić information content (AvgIpc) is 3.26. The topological polar surface area (TPSA) is 70.6 Å². The lowest BCUT2D eigenvalue weighted by Crippen LogP contribution is -2.45. The fourth-order valence-corrected chi connectivity index (χ4v) is 4.25. The van der Waals surface area contributed by atoms with E-state index in [-0.39, 0.29) is 5.91 Å². The van der Waals surface area contributed by atoms with E-state index in [1.807, 2.05) is 54.9 Å². The number of thiazole rings is 1. The van der Waals surface area contributed by atoms with Crippen LogP contribution >= 0.6 is 11.3 Å². The highest BCUT2D eigenvalue weighted by atomic mass is 32.1. The zero-order valence-corrected chi connectivity index (χ0v) is 19.8. The molecule has 1 aromatic carbocycles. The van der Waals surface area contributed by atoms with E-state index < -0.39 is 0 Å². The number of amides is 1. The maximum absolute atomic E-state index is 12.5. The molecule has 1 N–H and O–H groups in total. The number of benzene rings is 1. The van der Waals surface area contributed by atoms with Crippen LogP contribution in [0.5, 0.6) is 5.75 Å². The van der Waals surface area contributed by atoms with Crippen molar-refractivity contribution in [3.8, 4) is 5.75 Å². The van der Waals surface area contributed by atoms with Crippen LogP contribution in [0.25, 0.3) is 6.08 Å². The third-order valence-corrected chi connectivity index (χ3v) is 6.32. The Kier molecular flexibility index (Phi) is 7.70. The Labute approximate surface area is 198 Å². The van der Waals surface area contributed by atoms with Crippen molar-refractivity contribution in [3.63, 3.8) is 0 Å². The van der Waals surface area contributed by atoms with Crippen molar-refractivity contribution in [1.82, 2.24) is 20.2 Å². The van der Waals surface area contributed by atoms with Crippen LogP contribution in [0.15, 0.2) is 54.1 Å². The van der Waals surface area contributed by atoms with Gasteiger partial charge in [0.2, 0.25) is 5.91 Å². The Morgan fingerprint density at radius 2 is 2.00 bits per heavy atom. The zero-order valence-electron chi connectivity index (χ0n) is 19.0. The van der Waals surface area contributed by atoms with Crippen molar-refractivity contribution in [3.05, 3.63) is 75.9 Å². The molecule has 1 fully saturated rings. The van der Waals surface area contributed by atoms with Crippen LogP contribution in [0, 0.1) is 6.92 Å². The number of ether oxygens (including phenoxy) is 1. The standard InChI is InChI=1S/C25H29N5O2S/c1-19-28-22(18-33-19)17-32-23-8-4-3-6-20(23)9-10-24(31)27-16-21-7-5-11-26-25(21)30-14-12-29(2)13-15-30/h3-11,18H,12-17H2,1-2H3,(H,27,31)/b10-9+. The molecule has 0 aliphatic carbocycles. The first-order valence-corrected chi connectivity index (χ1v) is 11.9. The van der Waals surface area contributed by atoms with Crippen molar-refractivity contribution in [2.75, 3.05) is 38.1 Å². The third kappa shape index (κ3) is 6.40. The molecule has 1 saturated heterocycles. The molecular weight excluding hydrogens is 434 g/mol. The molecule has 0 unspecified atom stereocenters. The van der Waals surface area contributed by atoms with Crippen LogP contribution < -0.4 is 15.0 Å². The van der Waals surface area contributed by atoms with E-state index >= 15 is 0 Å². The van der Waals surface area contributed by atoms with E-state index in [4.69, 9.17) is 4.74 Å². The van der Waals surface area contributed by atoms with E-state index in [2.05, 4.69) is 32.1 Å². The van der Waals surface area contributed by atoms with Gasteiger partial charge in [0, 0.05) is 61.5 Å². The highest BCUT2D eigenvalue weighted by Crippen LogP contribution is 2.22. The minimum absolute atomic E-state index is 0.159. The van der Waals surface area contributed by atoms with E-state index in [0.29, 0.717) is 13.2 Å². The number of carbonyl (C=O) groups is 1. The van der Waals surface area contributed by atoms with Gasteiger partial charge >= 0.3 is 0 Å². The second kappa shape index (κ2) is 11.1. The number of piperazine rings is 1. The predicted octanol–water partition coefficient (Wildman–Crippen LogP) is 3.51. The number of rotatable bonds is 8. The van der Waals surface area contributed by atoms with Gasteiger partial charge < -0.3 is 19.9 Å². The van der Waals surface area contributed by atoms with Crippen LogP contribution in [-0.2, 0) is 17.9 Å². The summed E-state index contributed by atoms with van der Waals surface area (Å²) in [5.41, 5.74) is 2.77. The quantitative estimate of drug-likeness (QED) is 0.516. The maximum Gasteiger partial charge on any atom is 0.244 e. The summed E-state index contributed by atoms with van der Waals surface area (Å²) in [7, 11) is 2.13. The first kappa shape index (κ1) is 22.9. The Morgan fingerprint density at radius 3 is 2.79 bits per heavy atom. The number of pyridine rings is 1. The van der Waals surface area contributed by atoms with Gasteiger partial charge in [0.25, 0.3) is 0 Å². The molecule has 0 bridgehead atoms. The number of para-hydroxylation sites is 1. The molecule has 0 radical (unpaired) electrons. The third-order valence-electron chi connectivity index (χ3n) is 5.50. The molecule has 0 saturated carbocycles. The summed E-state index contributed by atoms with van der Waals surface area (Å²) in [6.07, 6.45) is 5.13. The Balaban J connectivity index is 1.35. The molecule has 0 atom stereocenters. The average molecular weight is 464 g/mol.